The van der Waals surface area contributed by atoms with Crippen LogP contribution in [0.15, 0.2) is 60.7 Å². The van der Waals surface area contributed by atoms with E-state index < -0.39 is 17.1 Å². The van der Waals surface area contributed by atoms with E-state index in [1.165, 1.54) is 24.3 Å². The highest BCUT2D eigenvalue weighted by Gasteiger charge is 2.28. The lowest BCUT2D eigenvalue weighted by molar-refractivity contribution is 0.0687. The average Bonchev–Trinajstić information content (AvgIpc) is 2.48. The first-order valence-corrected chi connectivity index (χ1v) is 6.28. The van der Waals surface area contributed by atoms with E-state index in [1.807, 2.05) is 0 Å². The van der Waals surface area contributed by atoms with Crippen LogP contribution >= 0.6 is 12.6 Å². The van der Waals surface area contributed by atoms with Crippen molar-refractivity contribution in [1.82, 2.24) is 4.90 Å². The van der Waals surface area contributed by atoms with Gasteiger partial charge in [-0.05, 0) is 24.3 Å². The SMILES string of the molecule is O=C(S)N(C(=O)c1ccccc1)C(=O)c1ccccc1. The van der Waals surface area contributed by atoms with E-state index >= 15 is 0 Å². The lowest BCUT2D eigenvalue weighted by Gasteiger charge is -2.16. The number of nitrogens with zero attached hydrogens (tertiary/aromatic N) is 1. The first-order valence-electron chi connectivity index (χ1n) is 5.83. The second-order valence-electron chi connectivity index (χ2n) is 3.96. The van der Waals surface area contributed by atoms with Crippen LogP contribution in [-0.4, -0.2) is 22.0 Å². The Labute approximate surface area is 121 Å². The van der Waals surface area contributed by atoms with Crippen molar-refractivity contribution >= 4 is 29.7 Å². The molecule has 3 amide bonds. The predicted molar refractivity (Wildman–Crippen MR) is 77.8 cm³/mol. The highest BCUT2D eigenvalue weighted by molar-refractivity contribution is 7.96. The first kappa shape index (κ1) is 14.0. The molecule has 0 aromatic heterocycles. The Morgan fingerprint density at radius 2 is 1.05 bits per heavy atom. The van der Waals surface area contributed by atoms with Gasteiger partial charge >= 0.3 is 0 Å². The highest BCUT2D eigenvalue weighted by Crippen LogP contribution is 2.12. The summed E-state index contributed by atoms with van der Waals surface area (Å²) in [5.74, 6) is -1.39. The average molecular weight is 285 g/mol. The third-order valence-corrected chi connectivity index (χ3v) is 2.84. The summed E-state index contributed by atoms with van der Waals surface area (Å²) in [6, 6.07) is 16.2. The van der Waals surface area contributed by atoms with Crippen molar-refractivity contribution in [3.63, 3.8) is 0 Å². The number of hydrogen-bond acceptors (Lipinski definition) is 3. The number of rotatable bonds is 2. The Kier molecular flexibility index (Phi) is 4.32. The van der Waals surface area contributed by atoms with Crippen molar-refractivity contribution in [2.75, 3.05) is 0 Å². The zero-order chi connectivity index (χ0) is 14.5. The number of benzene rings is 2. The standard InChI is InChI=1S/C15H11NO3S/c17-13(11-7-3-1-4-8-11)16(15(19)20)14(18)12-9-5-2-6-10-12/h1-10H,(H,19,20). The smallest absolute Gasteiger partial charge is 0.268 e. The molecular weight excluding hydrogens is 274 g/mol. The zero-order valence-corrected chi connectivity index (χ0v) is 11.3. The number of imide groups is 3. The molecule has 0 aliphatic rings. The Morgan fingerprint density at radius 3 is 1.35 bits per heavy atom. The molecule has 2 aromatic rings. The Bertz CT molecular complexity index is 589. The van der Waals surface area contributed by atoms with Gasteiger partial charge in [0.25, 0.3) is 17.1 Å². The molecule has 0 saturated carbocycles. The number of carbonyl (C=O) groups is 3. The van der Waals surface area contributed by atoms with Crippen LogP contribution < -0.4 is 0 Å². The van der Waals surface area contributed by atoms with Gasteiger partial charge in [-0.2, -0.15) is 0 Å². The van der Waals surface area contributed by atoms with Gasteiger partial charge < -0.3 is 0 Å². The largest absolute Gasteiger partial charge is 0.292 e. The van der Waals surface area contributed by atoms with Gasteiger partial charge in [-0.1, -0.05) is 49.0 Å². The van der Waals surface area contributed by atoms with Crippen LogP contribution in [0.1, 0.15) is 20.7 Å². The maximum absolute atomic E-state index is 12.2. The van der Waals surface area contributed by atoms with Crippen molar-refractivity contribution in [3.05, 3.63) is 71.8 Å². The van der Waals surface area contributed by atoms with Crippen molar-refractivity contribution in [2.45, 2.75) is 0 Å². The highest BCUT2D eigenvalue weighted by atomic mass is 32.1. The van der Waals surface area contributed by atoms with Crippen LogP contribution in [0.4, 0.5) is 4.79 Å². The topological polar surface area (TPSA) is 54.5 Å². The third-order valence-electron chi connectivity index (χ3n) is 2.64. The molecule has 0 bridgehead atoms. The summed E-state index contributed by atoms with van der Waals surface area (Å²) in [6.45, 7) is 0. The summed E-state index contributed by atoms with van der Waals surface area (Å²) in [4.78, 5) is 36.5. The minimum atomic E-state index is -0.910. The number of amides is 3. The molecule has 2 aromatic carbocycles. The summed E-state index contributed by atoms with van der Waals surface area (Å²) in [5.41, 5.74) is 0.498. The van der Waals surface area contributed by atoms with Gasteiger partial charge in [0.1, 0.15) is 0 Å². The Morgan fingerprint density at radius 1 is 0.700 bits per heavy atom. The third kappa shape index (κ3) is 2.95. The molecule has 20 heavy (non-hydrogen) atoms. The Balaban J connectivity index is 2.36. The maximum atomic E-state index is 12.2. The van der Waals surface area contributed by atoms with Gasteiger partial charge in [0.2, 0.25) is 0 Å². The lowest BCUT2D eigenvalue weighted by Crippen LogP contribution is -2.38. The molecule has 0 aliphatic carbocycles. The molecule has 5 heteroatoms. The molecule has 2 rings (SSSR count). The van der Waals surface area contributed by atoms with Crippen LogP contribution in [-0.2, 0) is 0 Å². The van der Waals surface area contributed by atoms with E-state index in [1.54, 1.807) is 36.4 Å². The number of carbonyl (C=O) groups excluding carboxylic acids is 3. The lowest BCUT2D eigenvalue weighted by atomic mass is 10.1. The van der Waals surface area contributed by atoms with Crippen LogP contribution in [0.3, 0.4) is 0 Å². The molecule has 0 radical (unpaired) electrons. The summed E-state index contributed by atoms with van der Waals surface area (Å²) in [5, 5.41) is -0.910. The molecular formula is C15H11NO3S. The molecule has 0 spiro atoms. The van der Waals surface area contributed by atoms with Crippen molar-refractivity contribution in [3.8, 4) is 0 Å². The molecule has 0 fully saturated rings. The zero-order valence-electron chi connectivity index (χ0n) is 10.4. The van der Waals surface area contributed by atoms with E-state index in [-0.39, 0.29) is 11.1 Å². The fourth-order valence-electron chi connectivity index (χ4n) is 1.69. The summed E-state index contributed by atoms with van der Waals surface area (Å²) in [6.07, 6.45) is 0. The fourth-order valence-corrected chi connectivity index (χ4v) is 1.87. The fraction of sp³-hybridized carbons (Fsp3) is 0. The van der Waals surface area contributed by atoms with Crippen LogP contribution in [0.2, 0.25) is 0 Å². The van der Waals surface area contributed by atoms with Gasteiger partial charge in [-0.3, -0.25) is 14.4 Å². The monoisotopic (exact) mass is 285 g/mol. The van der Waals surface area contributed by atoms with Crippen LogP contribution in [0.5, 0.6) is 0 Å². The molecule has 4 nitrogen and oxygen atoms in total. The van der Waals surface area contributed by atoms with Gasteiger partial charge in [-0.25, -0.2) is 4.90 Å². The first-order chi connectivity index (χ1) is 9.61. The molecule has 0 aliphatic heterocycles. The van der Waals surface area contributed by atoms with Gasteiger partial charge in [0.05, 0.1) is 0 Å². The van der Waals surface area contributed by atoms with E-state index in [0.29, 0.717) is 4.90 Å². The van der Waals surface area contributed by atoms with E-state index in [9.17, 15) is 14.4 Å². The van der Waals surface area contributed by atoms with Crippen LogP contribution in [0.25, 0.3) is 0 Å². The van der Waals surface area contributed by atoms with E-state index in [0.717, 1.165) is 0 Å². The molecule has 0 heterocycles. The minimum absolute atomic E-state index is 0.249. The van der Waals surface area contributed by atoms with Crippen molar-refractivity contribution < 1.29 is 14.4 Å². The second kappa shape index (κ2) is 6.16. The number of hydrogen-bond donors (Lipinski definition) is 1. The number of thiol groups is 1. The maximum Gasteiger partial charge on any atom is 0.292 e. The summed E-state index contributed by atoms with van der Waals surface area (Å²) in [7, 11) is 0. The van der Waals surface area contributed by atoms with Gasteiger partial charge in [0, 0.05) is 11.1 Å². The summed E-state index contributed by atoms with van der Waals surface area (Å²) < 4.78 is 0. The molecule has 0 N–H and O–H groups in total. The molecule has 0 atom stereocenters. The van der Waals surface area contributed by atoms with Crippen molar-refractivity contribution in [1.29, 1.82) is 0 Å². The van der Waals surface area contributed by atoms with Gasteiger partial charge in [-0.15, -0.1) is 0 Å². The Hall–Kier alpha value is -2.40. The minimum Gasteiger partial charge on any atom is -0.268 e. The van der Waals surface area contributed by atoms with E-state index in [4.69, 9.17) is 0 Å². The normalized spacial score (nSPS) is 9.85. The quantitative estimate of drug-likeness (QED) is 0.681. The van der Waals surface area contributed by atoms with E-state index in [2.05, 4.69) is 12.6 Å². The predicted octanol–water partition coefficient (Wildman–Crippen LogP) is 3.02. The molecule has 0 unspecified atom stereocenters. The molecule has 0 saturated heterocycles. The molecule has 100 valence electrons. The van der Waals surface area contributed by atoms with Crippen molar-refractivity contribution in [2.24, 2.45) is 0 Å². The summed E-state index contributed by atoms with van der Waals surface area (Å²) >= 11 is 3.62. The van der Waals surface area contributed by atoms with Crippen LogP contribution in [0, 0.1) is 0 Å². The second-order valence-corrected chi connectivity index (χ2v) is 4.34. The van der Waals surface area contributed by atoms with Gasteiger partial charge in [0.15, 0.2) is 0 Å².